The van der Waals surface area contributed by atoms with Crippen molar-refractivity contribution < 1.29 is 37.7 Å². The molecule has 13 nitrogen and oxygen atoms in total. The summed E-state index contributed by atoms with van der Waals surface area (Å²) in [6.45, 7) is 2.15. The lowest BCUT2D eigenvalue weighted by Gasteiger charge is -2.37. The van der Waals surface area contributed by atoms with Gasteiger partial charge >= 0.3 is 7.60 Å². The maximum Gasteiger partial charge on any atom is 0.328 e. The largest absolute Gasteiger partial charge is 0.497 e. The van der Waals surface area contributed by atoms with Crippen LogP contribution in [0.15, 0.2) is 183 Å². The maximum atomic E-state index is 14.6. The topological polar surface area (TPSA) is 156 Å². The van der Waals surface area contributed by atoms with Crippen molar-refractivity contribution in [3.8, 4) is 11.5 Å². The van der Waals surface area contributed by atoms with Crippen molar-refractivity contribution in [3.63, 3.8) is 0 Å². The second kappa shape index (κ2) is 20.2. The average Bonchev–Trinajstić information content (AvgIpc) is 4.01. The van der Waals surface area contributed by atoms with E-state index in [9.17, 15) is 14.3 Å². The van der Waals surface area contributed by atoms with Gasteiger partial charge in [0.2, 0.25) is 0 Å². The molecule has 68 heavy (non-hydrogen) atoms. The van der Waals surface area contributed by atoms with Gasteiger partial charge in [0.05, 0.1) is 33.3 Å². The number of nitrogens with zero attached hydrogens (tertiary/aromatic N) is 4. The third-order valence-corrected chi connectivity index (χ3v) is 19.0. The summed E-state index contributed by atoms with van der Waals surface area (Å²) in [4.78, 5) is 38.7. The number of carbonyl (C=O) groups is 1. The molecule has 0 bridgehead atoms. The van der Waals surface area contributed by atoms with E-state index in [1.165, 1.54) is 6.33 Å². The molecule has 1 saturated heterocycles. The average molecular weight is 946 g/mol. The van der Waals surface area contributed by atoms with E-state index in [2.05, 4.69) is 51.1 Å². The number of aromatic nitrogens is 4. The molecule has 1 unspecified atom stereocenters. The van der Waals surface area contributed by atoms with E-state index >= 15 is 0 Å². The van der Waals surface area contributed by atoms with Crippen LogP contribution in [0.5, 0.6) is 11.5 Å². The summed E-state index contributed by atoms with van der Waals surface area (Å²) >= 11 is 0. The number of amides is 1. The third kappa shape index (κ3) is 9.65. The number of benzene rings is 6. The molecule has 0 radical (unpaired) electrons. The lowest BCUT2D eigenvalue weighted by Crippen LogP contribution is -2.56. The summed E-state index contributed by atoms with van der Waals surface area (Å²) in [7, 11) is -3.58. The Labute approximate surface area is 396 Å². The first-order valence-corrected chi connectivity index (χ1v) is 26.9. The van der Waals surface area contributed by atoms with Gasteiger partial charge in [-0.25, -0.2) is 15.0 Å². The molecule has 8 aromatic rings. The molecule has 1 aliphatic heterocycles. The molecule has 0 spiro atoms. The maximum absolute atomic E-state index is 14.6. The first-order chi connectivity index (χ1) is 33.1. The number of rotatable bonds is 18. The highest BCUT2D eigenvalue weighted by atomic mass is 31.2. The van der Waals surface area contributed by atoms with Gasteiger partial charge in [0.25, 0.3) is 5.91 Å². The van der Waals surface area contributed by atoms with Gasteiger partial charge in [-0.3, -0.25) is 13.9 Å². The highest BCUT2D eigenvalue weighted by molar-refractivity contribution is 7.53. The van der Waals surface area contributed by atoms with E-state index in [-0.39, 0.29) is 30.9 Å². The Bertz CT molecular complexity index is 2900. The number of imidazole rings is 1. The Morgan fingerprint density at radius 2 is 1.28 bits per heavy atom. The highest BCUT2D eigenvalue weighted by Crippen LogP contribution is 2.50. The quantitative estimate of drug-likeness (QED) is 0.0482. The van der Waals surface area contributed by atoms with Crippen molar-refractivity contribution in [2.75, 3.05) is 32.3 Å². The minimum Gasteiger partial charge on any atom is -0.497 e. The molecule has 9 rings (SSSR count). The van der Waals surface area contributed by atoms with Gasteiger partial charge in [-0.05, 0) is 59.1 Å². The molecule has 0 saturated carbocycles. The van der Waals surface area contributed by atoms with Gasteiger partial charge in [-0.1, -0.05) is 150 Å². The molecule has 1 amide bonds. The zero-order valence-corrected chi connectivity index (χ0v) is 39.8. The van der Waals surface area contributed by atoms with E-state index < -0.39 is 39.7 Å². The standard InChI is InChI=1S/C53H52N5O8PSi/c1-62-42-28-24-40(25-29-42)53(39-18-10-5-11-19-39,41-26-30-43(63-2)31-27-41)64-35-47-46(66-67(60,61)32-33-68(3,44-20-12-6-13-21-44)45-22-14-7-15-23-45)34-48(65-47)58-37-56-49-50(54-36-55-51(49)58)57-52(59)38-16-8-4-9-17-38/h4-31,36-37,46-48H,32-35H2,1-3H3,(H,60,61)(H,54,55,57,59)/t46-,47+,48+/m0/s1. The summed E-state index contributed by atoms with van der Waals surface area (Å²) in [6.07, 6.45) is 0.428. The molecule has 346 valence electrons. The van der Waals surface area contributed by atoms with Crippen LogP contribution >= 0.6 is 7.60 Å². The first-order valence-electron chi connectivity index (χ1n) is 22.4. The first kappa shape index (κ1) is 46.3. The van der Waals surface area contributed by atoms with Crippen LogP contribution in [-0.2, 0) is 24.2 Å². The minimum atomic E-state index is -4.30. The molecule has 0 aliphatic carbocycles. The van der Waals surface area contributed by atoms with E-state index in [0.717, 1.165) is 27.1 Å². The molecular formula is C53H52N5O8PSi. The molecule has 2 N–H and O–H groups in total. The molecule has 1 aliphatic rings. The van der Waals surface area contributed by atoms with Gasteiger partial charge in [0.15, 0.2) is 17.0 Å². The number of nitrogens with one attached hydrogen (secondary N) is 1. The predicted octanol–water partition coefficient (Wildman–Crippen LogP) is 8.86. The molecular weight excluding hydrogens is 894 g/mol. The lowest BCUT2D eigenvalue weighted by molar-refractivity contribution is -0.0908. The van der Waals surface area contributed by atoms with Gasteiger partial charge in [0.1, 0.15) is 43.8 Å². The summed E-state index contributed by atoms with van der Waals surface area (Å²) in [5.41, 5.74) is 2.44. The Morgan fingerprint density at radius 3 is 1.84 bits per heavy atom. The summed E-state index contributed by atoms with van der Waals surface area (Å²) in [6, 6.07) is 55.0. The van der Waals surface area contributed by atoms with Crippen LogP contribution in [0.25, 0.3) is 11.2 Å². The molecule has 15 heteroatoms. The third-order valence-electron chi connectivity index (χ3n) is 12.8. The molecule has 4 atom stereocenters. The minimum absolute atomic E-state index is 0.0748. The normalized spacial score (nSPS) is 17.1. The summed E-state index contributed by atoms with van der Waals surface area (Å²) in [5, 5.41) is 5.18. The SMILES string of the molecule is COc1ccc(C(OC[C@H]2O[C@@H](n3cnc4c(NC(=O)c5ccccc5)ncnc43)C[C@@H]2OP(=O)(O)CC[Si](C)(c2ccccc2)c2ccccc2)(c2ccccc2)c2ccc(OC)cc2)cc1. The predicted molar refractivity (Wildman–Crippen MR) is 265 cm³/mol. The second-order valence-corrected chi connectivity index (χ2v) is 23.1. The number of ether oxygens (including phenoxy) is 4. The molecule has 6 aromatic carbocycles. The number of anilines is 1. The monoisotopic (exact) mass is 945 g/mol. The summed E-state index contributed by atoms with van der Waals surface area (Å²) < 4.78 is 48.1. The van der Waals surface area contributed by atoms with Crippen LogP contribution < -0.4 is 25.2 Å². The fourth-order valence-electron chi connectivity index (χ4n) is 9.03. The van der Waals surface area contributed by atoms with Crippen LogP contribution in [0.2, 0.25) is 12.6 Å². The van der Waals surface area contributed by atoms with Crippen molar-refractivity contribution in [1.29, 1.82) is 0 Å². The van der Waals surface area contributed by atoms with E-state index in [1.54, 1.807) is 49.4 Å². The van der Waals surface area contributed by atoms with Gasteiger partial charge < -0.3 is 33.7 Å². The van der Waals surface area contributed by atoms with Gasteiger partial charge in [-0.15, -0.1) is 0 Å². The number of hydrogen-bond acceptors (Lipinski definition) is 10. The summed E-state index contributed by atoms with van der Waals surface area (Å²) in [5.74, 6) is 1.23. The van der Waals surface area contributed by atoms with E-state index in [0.29, 0.717) is 34.3 Å². The van der Waals surface area contributed by atoms with E-state index in [4.69, 9.17) is 23.5 Å². The number of fused-ring (bicyclic) bond motifs is 1. The zero-order chi connectivity index (χ0) is 47.1. The number of carbonyl (C=O) groups excluding carboxylic acids is 1. The smallest absolute Gasteiger partial charge is 0.328 e. The Hall–Kier alpha value is -6.77. The van der Waals surface area contributed by atoms with Gasteiger partial charge in [-0.2, -0.15) is 0 Å². The van der Waals surface area contributed by atoms with Crippen molar-refractivity contribution in [3.05, 3.63) is 205 Å². The Morgan fingerprint density at radius 1 is 0.750 bits per heavy atom. The molecule has 2 aromatic heterocycles. The highest BCUT2D eigenvalue weighted by Gasteiger charge is 2.46. The fraction of sp³-hybridized carbons (Fsp3) is 0.208. The molecule has 1 fully saturated rings. The molecule has 3 heterocycles. The van der Waals surface area contributed by atoms with Crippen LogP contribution in [0.3, 0.4) is 0 Å². The van der Waals surface area contributed by atoms with Crippen LogP contribution in [0.1, 0.15) is 39.7 Å². The number of methoxy groups -OCH3 is 2. The van der Waals surface area contributed by atoms with E-state index in [1.807, 2.05) is 121 Å². The van der Waals surface area contributed by atoms with Crippen molar-refractivity contribution in [1.82, 2.24) is 19.5 Å². The zero-order valence-electron chi connectivity index (χ0n) is 37.9. The van der Waals surface area contributed by atoms with Crippen molar-refractivity contribution in [2.45, 2.75) is 43.0 Å². The Kier molecular flexibility index (Phi) is 13.8. The Balaban J connectivity index is 1.07. The van der Waals surface area contributed by atoms with Crippen molar-refractivity contribution >= 4 is 48.9 Å². The number of hydrogen-bond donors (Lipinski definition) is 2. The second-order valence-electron chi connectivity index (χ2n) is 16.9. The van der Waals surface area contributed by atoms with Crippen LogP contribution in [0, 0.1) is 0 Å². The van der Waals surface area contributed by atoms with Gasteiger partial charge in [0, 0.05) is 18.1 Å². The lowest BCUT2D eigenvalue weighted by atomic mass is 9.80. The fourth-order valence-corrected chi connectivity index (χ4v) is 15.5. The van der Waals surface area contributed by atoms with Crippen molar-refractivity contribution in [2.24, 2.45) is 0 Å². The van der Waals surface area contributed by atoms with Crippen LogP contribution in [-0.4, -0.2) is 77.6 Å². The van der Waals surface area contributed by atoms with Crippen LogP contribution in [0.4, 0.5) is 5.82 Å².